The summed E-state index contributed by atoms with van der Waals surface area (Å²) in [4.78, 5) is 12.5. The molecule has 130 valence electrons. The van der Waals surface area contributed by atoms with Gasteiger partial charge in [-0.05, 0) is 28.6 Å². The Labute approximate surface area is 141 Å². The number of benzene rings is 2. The first kappa shape index (κ1) is 16.6. The highest BCUT2D eigenvalue weighted by molar-refractivity contribution is 5.48. The highest BCUT2D eigenvalue weighted by atomic mass is 19.3. The molecule has 0 aliphatic rings. The van der Waals surface area contributed by atoms with Crippen LogP contribution in [0, 0.1) is 0 Å². The zero-order valence-electron chi connectivity index (χ0n) is 13.3. The van der Waals surface area contributed by atoms with Crippen LogP contribution in [0.3, 0.4) is 0 Å². The molecule has 0 saturated carbocycles. The minimum Gasteiger partial charge on any atom is -0.496 e. The Balaban J connectivity index is 1.95. The van der Waals surface area contributed by atoms with Crippen molar-refractivity contribution in [2.75, 3.05) is 12.8 Å². The summed E-state index contributed by atoms with van der Waals surface area (Å²) >= 11 is 0. The van der Waals surface area contributed by atoms with E-state index in [1.165, 1.54) is 31.4 Å². The molecule has 2 N–H and O–H groups in total. The molecule has 0 aliphatic carbocycles. The Morgan fingerprint density at radius 1 is 1.20 bits per heavy atom. The lowest BCUT2D eigenvalue weighted by Gasteiger charge is -2.08. The molecule has 3 rings (SSSR count). The highest BCUT2D eigenvalue weighted by Crippen LogP contribution is 2.22. The molecule has 1 aromatic heterocycles. The van der Waals surface area contributed by atoms with Gasteiger partial charge in [0.1, 0.15) is 5.75 Å². The van der Waals surface area contributed by atoms with E-state index in [0.29, 0.717) is 17.0 Å². The number of nitrogens with two attached hydrogens (primary N) is 1. The minimum absolute atomic E-state index is 0.108. The van der Waals surface area contributed by atoms with Gasteiger partial charge in [-0.3, -0.25) is 0 Å². The van der Waals surface area contributed by atoms with Gasteiger partial charge in [-0.1, -0.05) is 18.2 Å². The van der Waals surface area contributed by atoms with Crippen LogP contribution in [0.2, 0.25) is 0 Å². The van der Waals surface area contributed by atoms with E-state index in [1.54, 1.807) is 18.2 Å². The van der Waals surface area contributed by atoms with Crippen molar-refractivity contribution in [3.63, 3.8) is 0 Å². The largest absolute Gasteiger partial charge is 0.496 e. The lowest BCUT2D eigenvalue weighted by Crippen LogP contribution is -2.25. The molecule has 0 unspecified atom stereocenters. The van der Waals surface area contributed by atoms with Crippen molar-refractivity contribution < 1.29 is 13.5 Å². The van der Waals surface area contributed by atoms with Gasteiger partial charge in [0.2, 0.25) is 0 Å². The molecular formula is C16H15F2N5O2. The van der Waals surface area contributed by atoms with Gasteiger partial charge in [0, 0.05) is 22.9 Å². The number of anilines is 1. The van der Waals surface area contributed by atoms with Crippen molar-refractivity contribution in [3.05, 3.63) is 64.1 Å². The van der Waals surface area contributed by atoms with Crippen molar-refractivity contribution >= 4 is 5.69 Å². The van der Waals surface area contributed by atoms with Gasteiger partial charge >= 0.3 is 5.69 Å². The van der Waals surface area contributed by atoms with Crippen molar-refractivity contribution in [1.82, 2.24) is 19.8 Å². The Kier molecular flexibility index (Phi) is 4.46. The Morgan fingerprint density at radius 3 is 2.72 bits per heavy atom. The average molecular weight is 347 g/mol. The highest BCUT2D eigenvalue weighted by Gasteiger charge is 2.14. The molecule has 9 heteroatoms. The molecule has 1 heterocycles. The molecule has 7 nitrogen and oxygen atoms in total. The van der Waals surface area contributed by atoms with Crippen LogP contribution in [0.25, 0.3) is 5.69 Å². The zero-order chi connectivity index (χ0) is 18.0. The molecule has 0 atom stereocenters. The molecule has 2 aromatic carbocycles. The van der Waals surface area contributed by atoms with Crippen LogP contribution in [0.5, 0.6) is 5.75 Å². The van der Waals surface area contributed by atoms with Crippen LogP contribution >= 0.6 is 0 Å². The predicted molar refractivity (Wildman–Crippen MR) is 87.1 cm³/mol. The zero-order valence-corrected chi connectivity index (χ0v) is 13.3. The van der Waals surface area contributed by atoms with E-state index in [-0.39, 0.29) is 17.8 Å². The van der Waals surface area contributed by atoms with Crippen LogP contribution in [-0.2, 0) is 6.54 Å². The molecule has 0 bridgehead atoms. The maximum absolute atomic E-state index is 12.8. The van der Waals surface area contributed by atoms with Crippen LogP contribution in [0.4, 0.5) is 14.5 Å². The SMILES string of the molecule is COc1cc(N)ccc1Cn1nnn(-c2cccc(C(F)F)c2)c1=O. The Hall–Kier alpha value is -3.23. The normalized spacial score (nSPS) is 11.0. The van der Waals surface area contributed by atoms with Gasteiger partial charge < -0.3 is 10.5 Å². The van der Waals surface area contributed by atoms with Crippen molar-refractivity contribution in [2.24, 2.45) is 0 Å². The third kappa shape index (κ3) is 3.35. The number of aromatic nitrogens is 4. The summed E-state index contributed by atoms with van der Waals surface area (Å²) in [6, 6.07) is 10.5. The van der Waals surface area contributed by atoms with Crippen molar-refractivity contribution in [3.8, 4) is 11.4 Å². The van der Waals surface area contributed by atoms with Gasteiger partial charge in [-0.15, -0.1) is 0 Å². The quantitative estimate of drug-likeness (QED) is 0.713. The fraction of sp³-hybridized carbons (Fsp3) is 0.188. The standard InChI is InChI=1S/C16H15F2N5O2/c1-25-14-8-12(19)6-5-11(14)9-22-16(24)23(21-20-22)13-4-2-3-10(7-13)15(17)18/h2-8,15H,9,19H2,1H3. The van der Waals surface area contributed by atoms with E-state index < -0.39 is 12.1 Å². The van der Waals surface area contributed by atoms with E-state index in [4.69, 9.17) is 10.5 Å². The summed E-state index contributed by atoms with van der Waals surface area (Å²) in [6.45, 7) is 0.108. The molecule has 0 amide bonds. The number of methoxy groups -OCH3 is 1. The first-order chi connectivity index (χ1) is 12.0. The van der Waals surface area contributed by atoms with Crippen LogP contribution in [0.1, 0.15) is 17.6 Å². The van der Waals surface area contributed by atoms with Crippen molar-refractivity contribution in [2.45, 2.75) is 13.0 Å². The third-order valence-electron chi connectivity index (χ3n) is 3.64. The third-order valence-corrected chi connectivity index (χ3v) is 3.64. The van der Waals surface area contributed by atoms with Gasteiger partial charge in [-0.2, -0.15) is 9.36 Å². The summed E-state index contributed by atoms with van der Waals surface area (Å²) < 4.78 is 33.0. The van der Waals surface area contributed by atoms with Crippen LogP contribution in [0.15, 0.2) is 47.3 Å². The Morgan fingerprint density at radius 2 is 2.00 bits per heavy atom. The summed E-state index contributed by atoms with van der Waals surface area (Å²) in [5.74, 6) is 0.515. The maximum Gasteiger partial charge on any atom is 0.368 e. The summed E-state index contributed by atoms with van der Waals surface area (Å²) in [7, 11) is 1.49. The molecule has 0 radical (unpaired) electrons. The van der Waals surface area contributed by atoms with Gasteiger partial charge in [0.25, 0.3) is 6.43 Å². The number of hydrogen-bond acceptors (Lipinski definition) is 5. The number of halogens is 2. The summed E-state index contributed by atoms with van der Waals surface area (Å²) in [6.07, 6.45) is -2.63. The van der Waals surface area contributed by atoms with E-state index in [2.05, 4.69) is 10.4 Å². The fourth-order valence-corrected chi connectivity index (χ4v) is 2.38. The van der Waals surface area contributed by atoms with Crippen molar-refractivity contribution in [1.29, 1.82) is 0 Å². The van der Waals surface area contributed by atoms with E-state index in [0.717, 1.165) is 9.36 Å². The van der Waals surface area contributed by atoms with Crippen LogP contribution in [-0.4, -0.2) is 26.9 Å². The van der Waals surface area contributed by atoms with Gasteiger partial charge in [-0.25, -0.2) is 13.6 Å². The average Bonchev–Trinajstić information content (AvgIpc) is 2.97. The van der Waals surface area contributed by atoms with Gasteiger partial charge in [0.15, 0.2) is 0 Å². The predicted octanol–water partition coefficient (Wildman–Crippen LogP) is 2.01. The number of hydrogen-bond donors (Lipinski definition) is 1. The fourth-order valence-electron chi connectivity index (χ4n) is 2.38. The maximum atomic E-state index is 12.8. The number of alkyl halides is 2. The lowest BCUT2D eigenvalue weighted by atomic mass is 10.2. The summed E-state index contributed by atoms with van der Waals surface area (Å²) in [5.41, 5.74) is 6.39. The monoisotopic (exact) mass is 347 g/mol. The second kappa shape index (κ2) is 6.71. The smallest absolute Gasteiger partial charge is 0.368 e. The topological polar surface area (TPSA) is 88.0 Å². The first-order valence-corrected chi connectivity index (χ1v) is 7.33. The molecule has 3 aromatic rings. The van der Waals surface area contributed by atoms with E-state index >= 15 is 0 Å². The molecule has 0 saturated heterocycles. The minimum atomic E-state index is -2.63. The molecule has 0 aliphatic heterocycles. The second-order valence-electron chi connectivity index (χ2n) is 5.30. The van der Waals surface area contributed by atoms with Gasteiger partial charge in [0.05, 0.1) is 19.3 Å². The van der Waals surface area contributed by atoms with E-state index in [1.807, 2.05) is 0 Å². The number of nitrogens with zero attached hydrogens (tertiary/aromatic N) is 4. The number of rotatable bonds is 5. The Bertz CT molecular complexity index is 952. The van der Waals surface area contributed by atoms with E-state index in [9.17, 15) is 13.6 Å². The van der Waals surface area contributed by atoms with Crippen LogP contribution < -0.4 is 16.2 Å². The molecule has 25 heavy (non-hydrogen) atoms. The molecular weight excluding hydrogens is 332 g/mol. The number of nitrogen functional groups attached to an aromatic ring is 1. The first-order valence-electron chi connectivity index (χ1n) is 7.33. The molecule has 0 fully saturated rings. The molecule has 0 spiro atoms. The second-order valence-corrected chi connectivity index (χ2v) is 5.30. The lowest BCUT2D eigenvalue weighted by molar-refractivity contribution is 0.151. The number of tetrazole rings is 1. The number of ether oxygens (including phenoxy) is 1. The summed E-state index contributed by atoms with van der Waals surface area (Å²) in [5, 5.41) is 7.56.